The number of hydrogen-bond donors (Lipinski definition) is 0. The van der Waals surface area contributed by atoms with E-state index in [1.165, 1.54) is 4.90 Å². The standard InChI is InChI=1S/C26H24ClN3O4/c1-28(2)18-8-4-16(5-9-18)23-22-24(34-30(23)20-10-6-17(27)7-11-20)26(32)29(25(22)31)19-12-14-21(33-3)15-13-19/h4-15,22-24H,1-3H3/t22-,23+,24+/m0/s1. The first-order chi connectivity index (χ1) is 16.4. The van der Waals surface area contributed by atoms with Crippen LogP contribution < -0.4 is 19.6 Å². The van der Waals surface area contributed by atoms with Gasteiger partial charge >= 0.3 is 0 Å². The molecule has 0 radical (unpaired) electrons. The fourth-order valence-electron chi connectivity index (χ4n) is 4.52. The minimum atomic E-state index is -0.927. The van der Waals surface area contributed by atoms with Gasteiger partial charge in [-0.05, 0) is 66.2 Å². The highest BCUT2D eigenvalue weighted by Gasteiger charge is 2.60. The number of fused-ring (bicyclic) bond motifs is 1. The van der Waals surface area contributed by atoms with Crippen LogP contribution >= 0.6 is 11.6 Å². The van der Waals surface area contributed by atoms with Crippen molar-refractivity contribution in [1.82, 2.24) is 0 Å². The Bertz CT molecular complexity index is 1210. The van der Waals surface area contributed by atoms with Gasteiger partial charge in [-0.3, -0.25) is 14.4 Å². The Hall–Kier alpha value is -3.55. The first-order valence-electron chi connectivity index (χ1n) is 10.9. The van der Waals surface area contributed by atoms with Gasteiger partial charge in [0, 0.05) is 24.8 Å². The van der Waals surface area contributed by atoms with Crippen molar-refractivity contribution in [3.63, 3.8) is 0 Å². The first kappa shape index (κ1) is 22.3. The summed E-state index contributed by atoms with van der Waals surface area (Å²) < 4.78 is 5.20. The summed E-state index contributed by atoms with van der Waals surface area (Å²) in [5, 5.41) is 2.25. The highest BCUT2D eigenvalue weighted by molar-refractivity contribution is 6.30. The Kier molecular flexibility index (Phi) is 5.67. The van der Waals surface area contributed by atoms with E-state index in [0.717, 1.165) is 16.9 Å². The predicted molar refractivity (Wildman–Crippen MR) is 131 cm³/mol. The van der Waals surface area contributed by atoms with E-state index in [9.17, 15) is 9.59 Å². The van der Waals surface area contributed by atoms with Gasteiger partial charge in [0.25, 0.3) is 5.91 Å². The van der Waals surface area contributed by atoms with Gasteiger partial charge in [-0.25, -0.2) is 9.96 Å². The molecule has 0 aromatic heterocycles. The fraction of sp³-hybridized carbons (Fsp3) is 0.231. The van der Waals surface area contributed by atoms with E-state index < -0.39 is 18.1 Å². The number of carbonyl (C=O) groups excluding carboxylic acids is 2. The van der Waals surface area contributed by atoms with Crippen molar-refractivity contribution in [3.8, 4) is 5.75 Å². The topological polar surface area (TPSA) is 62.3 Å². The largest absolute Gasteiger partial charge is 0.497 e. The number of anilines is 3. The number of methoxy groups -OCH3 is 1. The summed E-state index contributed by atoms with van der Waals surface area (Å²) in [5.41, 5.74) is 3.13. The molecule has 2 heterocycles. The molecular formula is C26H24ClN3O4. The SMILES string of the molecule is COc1ccc(N2C(=O)[C@H]3[C@@H](c4ccc(N(C)C)cc4)N(c4ccc(Cl)cc4)O[C@H]3C2=O)cc1. The van der Waals surface area contributed by atoms with Crippen LogP contribution in [0.1, 0.15) is 11.6 Å². The number of halogens is 1. The number of ether oxygens (including phenoxy) is 1. The molecule has 7 nitrogen and oxygen atoms in total. The summed E-state index contributed by atoms with van der Waals surface area (Å²) >= 11 is 6.08. The molecule has 0 N–H and O–H groups in total. The van der Waals surface area contributed by atoms with Crippen LogP contribution in [-0.4, -0.2) is 39.1 Å². The lowest BCUT2D eigenvalue weighted by Gasteiger charge is -2.29. The Morgan fingerprint density at radius 1 is 0.853 bits per heavy atom. The van der Waals surface area contributed by atoms with E-state index in [1.807, 2.05) is 55.4 Å². The maximum absolute atomic E-state index is 13.7. The van der Waals surface area contributed by atoms with Gasteiger partial charge in [-0.2, -0.15) is 0 Å². The highest BCUT2D eigenvalue weighted by atomic mass is 35.5. The number of rotatable bonds is 5. The van der Waals surface area contributed by atoms with E-state index in [-0.39, 0.29) is 11.8 Å². The van der Waals surface area contributed by atoms with Crippen molar-refractivity contribution in [3.05, 3.63) is 83.4 Å². The van der Waals surface area contributed by atoms with E-state index in [4.69, 9.17) is 21.2 Å². The molecule has 2 saturated heterocycles. The second kappa shape index (κ2) is 8.66. The molecule has 3 atom stereocenters. The molecule has 174 valence electrons. The first-order valence-corrected chi connectivity index (χ1v) is 11.3. The molecule has 34 heavy (non-hydrogen) atoms. The Labute approximate surface area is 203 Å². The third-order valence-electron chi connectivity index (χ3n) is 6.28. The van der Waals surface area contributed by atoms with Crippen LogP contribution in [0.15, 0.2) is 72.8 Å². The number of benzene rings is 3. The second-order valence-corrected chi connectivity index (χ2v) is 8.93. The molecule has 0 aliphatic carbocycles. The van der Waals surface area contributed by atoms with Crippen molar-refractivity contribution < 1.29 is 19.2 Å². The highest BCUT2D eigenvalue weighted by Crippen LogP contribution is 2.48. The zero-order valence-electron chi connectivity index (χ0n) is 19.0. The van der Waals surface area contributed by atoms with Crippen LogP contribution in [0.3, 0.4) is 0 Å². The third-order valence-corrected chi connectivity index (χ3v) is 6.53. The van der Waals surface area contributed by atoms with Crippen molar-refractivity contribution in [2.75, 3.05) is 36.1 Å². The third kappa shape index (κ3) is 3.67. The molecular weight excluding hydrogens is 454 g/mol. The molecule has 8 heteroatoms. The van der Waals surface area contributed by atoms with Crippen LogP contribution in [0, 0.1) is 5.92 Å². The van der Waals surface area contributed by atoms with Crippen molar-refractivity contribution >= 4 is 40.5 Å². The second-order valence-electron chi connectivity index (χ2n) is 8.49. The average molecular weight is 478 g/mol. The van der Waals surface area contributed by atoms with Gasteiger partial charge in [0.1, 0.15) is 11.7 Å². The van der Waals surface area contributed by atoms with Crippen LogP contribution in [0.4, 0.5) is 17.1 Å². The summed E-state index contributed by atoms with van der Waals surface area (Å²) in [5.74, 6) is -0.729. The molecule has 2 aliphatic rings. The van der Waals surface area contributed by atoms with Crippen LogP contribution in [-0.2, 0) is 14.4 Å². The maximum atomic E-state index is 13.7. The number of hydrogen-bond acceptors (Lipinski definition) is 6. The van der Waals surface area contributed by atoms with Crippen LogP contribution in [0.2, 0.25) is 5.02 Å². The molecule has 0 saturated carbocycles. The molecule has 0 bridgehead atoms. The van der Waals surface area contributed by atoms with Crippen molar-refractivity contribution in [2.45, 2.75) is 12.1 Å². The average Bonchev–Trinajstić information content (AvgIpc) is 3.35. The lowest BCUT2D eigenvalue weighted by molar-refractivity contribution is -0.126. The van der Waals surface area contributed by atoms with Crippen LogP contribution in [0.5, 0.6) is 5.75 Å². The van der Waals surface area contributed by atoms with E-state index in [1.54, 1.807) is 48.6 Å². The summed E-state index contributed by atoms with van der Waals surface area (Å²) in [4.78, 5) is 36.5. The van der Waals surface area contributed by atoms with Crippen molar-refractivity contribution in [2.24, 2.45) is 5.92 Å². The van der Waals surface area contributed by atoms with Gasteiger partial charge in [0.05, 0.1) is 24.5 Å². The number of nitrogens with zero attached hydrogens (tertiary/aromatic N) is 3. The van der Waals surface area contributed by atoms with Gasteiger partial charge in [-0.15, -0.1) is 0 Å². The quantitative estimate of drug-likeness (QED) is 0.505. The lowest BCUT2D eigenvalue weighted by atomic mass is 9.90. The maximum Gasteiger partial charge on any atom is 0.266 e. The summed E-state index contributed by atoms with van der Waals surface area (Å²) in [6.07, 6.45) is -0.927. The Balaban J connectivity index is 1.55. The zero-order valence-corrected chi connectivity index (χ0v) is 19.8. The molecule has 2 aliphatic heterocycles. The van der Waals surface area contributed by atoms with Gasteiger partial charge in [0.2, 0.25) is 5.91 Å². The van der Waals surface area contributed by atoms with E-state index in [0.29, 0.717) is 16.5 Å². The lowest BCUT2D eigenvalue weighted by Crippen LogP contribution is -2.37. The minimum Gasteiger partial charge on any atom is -0.497 e. The Morgan fingerprint density at radius 3 is 2.06 bits per heavy atom. The normalized spacial score (nSPS) is 21.7. The molecule has 0 spiro atoms. The smallest absolute Gasteiger partial charge is 0.266 e. The van der Waals surface area contributed by atoms with Gasteiger partial charge in [0.15, 0.2) is 6.10 Å². The summed E-state index contributed by atoms with van der Waals surface area (Å²) in [7, 11) is 5.50. The number of amides is 2. The van der Waals surface area contributed by atoms with Gasteiger partial charge in [-0.1, -0.05) is 23.7 Å². The number of hydroxylamine groups is 1. The monoisotopic (exact) mass is 477 g/mol. The van der Waals surface area contributed by atoms with Crippen LogP contribution in [0.25, 0.3) is 0 Å². The minimum absolute atomic E-state index is 0.293. The number of imide groups is 1. The fourth-order valence-corrected chi connectivity index (χ4v) is 4.65. The molecule has 3 aromatic carbocycles. The number of carbonyl (C=O) groups is 2. The molecule has 3 aromatic rings. The zero-order chi connectivity index (χ0) is 24.0. The molecule has 2 amide bonds. The van der Waals surface area contributed by atoms with E-state index >= 15 is 0 Å². The van der Waals surface area contributed by atoms with Crippen molar-refractivity contribution in [1.29, 1.82) is 0 Å². The molecule has 5 rings (SSSR count). The molecule has 2 fully saturated rings. The van der Waals surface area contributed by atoms with E-state index in [2.05, 4.69) is 0 Å². The van der Waals surface area contributed by atoms with Gasteiger partial charge < -0.3 is 9.64 Å². The Morgan fingerprint density at radius 2 is 1.47 bits per heavy atom. The summed E-state index contributed by atoms with van der Waals surface area (Å²) in [6.45, 7) is 0. The predicted octanol–water partition coefficient (Wildman–Crippen LogP) is 4.47. The summed E-state index contributed by atoms with van der Waals surface area (Å²) in [6, 6.07) is 21.5. The molecule has 0 unspecified atom stereocenters.